The monoisotopic (exact) mass is 188 g/mol. The van der Waals surface area contributed by atoms with Crippen molar-refractivity contribution < 1.29 is 4.74 Å². The Morgan fingerprint density at radius 3 is 2.38 bits per heavy atom. The summed E-state index contributed by atoms with van der Waals surface area (Å²) in [6.07, 6.45) is 1.12. The molecule has 0 rings (SSSR count). The topological polar surface area (TPSA) is 47.3 Å². The minimum absolute atomic E-state index is 0.0508. The molecule has 0 spiro atoms. The van der Waals surface area contributed by atoms with E-state index in [4.69, 9.17) is 10.5 Å². The highest BCUT2D eigenvalue weighted by Gasteiger charge is 2.31. The normalized spacial score (nSPS) is 16.2. The molecule has 80 valence electrons. The minimum atomic E-state index is -0.0508. The highest BCUT2D eigenvalue weighted by atomic mass is 16.5. The molecule has 0 aromatic heterocycles. The summed E-state index contributed by atoms with van der Waals surface area (Å²) in [5.41, 5.74) is 5.74. The van der Waals surface area contributed by atoms with E-state index in [0.29, 0.717) is 19.1 Å². The van der Waals surface area contributed by atoms with Crippen LogP contribution in [-0.2, 0) is 4.74 Å². The fourth-order valence-corrected chi connectivity index (χ4v) is 1.42. The van der Waals surface area contributed by atoms with Gasteiger partial charge >= 0.3 is 0 Å². The summed E-state index contributed by atoms with van der Waals surface area (Å²) >= 11 is 0. The van der Waals surface area contributed by atoms with Gasteiger partial charge < -0.3 is 15.8 Å². The van der Waals surface area contributed by atoms with Crippen LogP contribution in [0.2, 0.25) is 0 Å². The van der Waals surface area contributed by atoms with Gasteiger partial charge in [-0.25, -0.2) is 0 Å². The summed E-state index contributed by atoms with van der Waals surface area (Å²) in [5.74, 6) is 0.490. The van der Waals surface area contributed by atoms with E-state index in [1.54, 1.807) is 7.11 Å². The first-order chi connectivity index (χ1) is 6.13. The molecule has 0 bridgehead atoms. The average molecular weight is 188 g/mol. The standard InChI is InChI=1S/C10H24N2O/c1-5-6-12-10(7-11,8-13-4)9(2)3/h9,12H,5-8,11H2,1-4H3. The van der Waals surface area contributed by atoms with Gasteiger partial charge in [-0.2, -0.15) is 0 Å². The minimum Gasteiger partial charge on any atom is -0.383 e. The highest BCUT2D eigenvalue weighted by Crippen LogP contribution is 2.16. The summed E-state index contributed by atoms with van der Waals surface area (Å²) in [6.45, 7) is 8.81. The lowest BCUT2D eigenvalue weighted by atomic mass is 9.87. The zero-order valence-electron chi connectivity index (χ0n) is 9.39. The van der Waals surface area contributed by atoms with Crippen molar-refractivity contribution in [3.8, 4) is 0 Å². The van der Waals surface area contributed by atoms with Gasteiger partial charge in [-0.3, -0.25) is 0 Å². The summed E-state index contributed by atoms with van der Waals surface area (Å²) in [6, 6.07) is 0. The molecule has 3 heteroatoms. The van der Waals surface area contributed by atoms with E-state index in [1.807, 2.05) is 0 Å². The third-order valence-corrected chi connectivity index (χ3v) is 2.60. The Kier molecular flexibility index (Phi) is 6.29. The van der Waals surface area contributed by atoms with Gasteiger partial charge in [0.25, 0.3) is 0 Å². The molecule has 1 unspecified atom stereocenters. The van der Waals surface area contributed by atoms with E-state index in [0.717, 1.165) is 13.0 Å². The van der Waals surface area contributed by atoms with Crippen molar-refractivity contribution in [2.75, 3.05) is 26.8 Å². The Hall–Kier alpha value is -0.120. The third-order valence-electron chi connectivity index (χ3n) is 2.60. The molecule has 3 nitrogen and oxygen atoms in total. The van der Waals surface area contributed by atoms with Crippen LogP contribution >= 0.6 is 0 Å². The third kappa shape index (κ3) is 3.63. The average Bonchev–Trinajstić information content (AvgIpc) is 2.12. The quantitative estimate of drug-likeness (QED) is 0.626. The van der Waals surface area contributed by atoms with E-state index in [9.17, 15) is 0 Å². The molecular weight excluding hydrogens is 164 g/mol. The second-order valence-electron chi connectivity index (χ2n) is 3.87. The molecule has 0 aliphatic carbocycles. The Bertz CT molecular complexity index is 128. The molecule has 0 aromatic rings. The van der Waals surface area contributed by atoms with E-state index in [1.165, 1.54) is 0 Å². The second-order valence-corrected chi connectivity index (χ2v) is 3.87. The van der Waals surface area contributed by atoms with Crippen LogP contribution in [0.5, 0.6) is 0 Å². The fraction of sp³-hybridized carbons (Fsp3) is 1.00. The Morgan fingerprint density at radius 2 is 2.08 bits per heavy atom. The van der Waals surface area contributed by atoms with Crippen molar-refractivity contribution >= 4 is 0 Å². The van der Waals surface area contributed by atoms with Crippen LogP contribution in [0.15, 0.2) is 0 Å². The molecule has 0 heterocycles. The molecule has 1 atom stereocenters. The van der Waals surface area contributed by atoms with E-state index in [2.05, 4.69) is 26.1 Å². The van der Waals surface area contributed by atoms with Crippen molar-refractivity contribution in [3.05, 3.63) is 0 Å². The van der Waals surface area contributed by atoms with Crippen LogP contribution in [0.1, 0.15) is 27.2 Å². The van der Waals surface area contributed by atoms with Crippen LogP contribution in [0.4, 0.5) is 0 Å². The molecule has 0 saturated carbocycles. The first kappa shape index (κ1) is 12.9. The fourth-order valence-electron chi connectivity index (χ4n) is 1.42. The first-order valence-corrected chi connectivity index (χ1v) is 5.07. The largest absolute Gasteiger partial charge is 0.383 e. The van der Waals surface area contributed by atoms with Crippen molar-refractivity contribution in [2.45, 2.75) is 32.7 Å². The molecule has 0 saturated heterocycles. The molecule has 3 N–H and O–H groups in total. The molecule has 0 amide bonds. The molecule has 0 aliphatic rings. The molecule has 13 heavy (non-hydrogen) atoms. The van der Waals surface area contributed by atoms with E-state index < -0.39 is 0 Å². The maximum absolute atomic E-state index is 5.79. The number of hydrogen-bond donors (Lipinski definition) is 2. The van der Waals surface area contributed by atoms with Gasteiger partial charge in [0.15, 0.2) is 0 Å². The number of nitrogens with two attached hydrogens (primary N) is 1. The van der Waals surface area contributed by atoms with Crippen molar-refractivity contribution in [3.63, 3.8) is 0 Å². The number of methoxy groups -OCH3 is 1. The molecule has 0 aliphatic heterocycles. The van der Waals surface area contributed by atoms with Crippen LogP contribution in [-0.4, -0.2) is 32.3 Å². The van der Waals surface area contributed by atoms with Gasteiger partial charge in [-0.15, -0.1) is 0 Å². The first-order valence-electron chi connectivity index (χ1n) is 5.07. The lowest BCUT2D eigenvalue weighted by molar-refractivity contribution is 0.0834. The zero-order chi connectivity index (χ0) is 10.3. The summed E-state index contributed by atoms with van der Waals surface area (Å²) in [7, 11) is 1.72. The lowest BCUT2D eigenvalue weighted by Crippen LogP contribution is -2.58. The van der Waals surface area contributed by atoms with Gasteiger partial charge in [-0.1, -0.05) is 20.8 Å². The smallest absolute Gasteiger partial charge is 0.0659 e. The molecule has 0 radical (unpaired) electrons. The van der Waals surface area contributed by atoms with Crippen LogP contribution in [0, 0.1) is 5.92 Å². The molecule has 0 fully saturated rings. The van der Waals surface area contributed by atoms with Gasteiger partial charge in [0, 0.05) is 13.7 Å². The predicted molar refractivity (Wildman–Crippen MR) is 56.8 cm³/mol. The maximum Gasteiger partial charge on any atom is 0.0659 e. The van der Waals surface area contributed by atoms with Gasteiger partial charge in [0.2, 0.25) is 0 Å². The van der Waals surface area contributed by atoms with Gasteiger partial charge in [-0.05, 0) is 18.9 Å². The molecule has 0 aromatic carbocycles. The lowest BCUT2D eigenvalue weighted by Gasteiger charge is -2.37. The number of hydrogen-bond acceptors (Lipinski definition) is 3. The highest BCUT2D eigenvalue weighted by molar-refractivity contribution is 4.91. The number of rotatable bonds is 7. The molecular formula is C10H24N2O. The van der Waals surface area contributed by atoms with Crippen molar-refractivity contribution in [1.29, 1.82) is 0 Å². The zero-order valence-corrected chi connectivity index (χ0v) is 9.39. The summed E-state index contributed by atoms with van der Waals surface area (Å²) in [5, 5.41) is 3.48. The van der Waals surface area contributed by atoms with Crippen LogP contribution in [0.3, 0.4) is 0 Å². The van der Waals surface area contributed by atoms with Crippen LogP contribution < -0.4 is 11.1 Å². The van der Waals surface area contributed by atoms with E-state index >= 15 is 0 Å². The Labute approximate surface area is 82.0 Å². The SMILES string of the molecule is CCCNC(CN)(COC)C(C)C. The van der Waals surface area contributed by atoms with Gasteiger partial charge in [0.05, 0.1) is 12.1 Å². The second kappa shape index (κ2) is 6.35. The van der Waals surface area contributed by atoms with Crippen LogP contribution in [0.25, 0.3) is 0 Å². The Balaban J connectivity index is 4.26. The van der Waals surface area contributed by atoms with E-state index in [-0.39, 0.29) is 5.54 Å². The van der Waals surface area contributed by atoms with Crippen molar-refractivity contribution in [2.24, 2.45) is 11.7 Å². The Morgan fingerprint density at radius 1 is 1.46 bits per heavy atom. The predicted octanol–water partition coefficient (Wildman–Crippen LogP) is 0.986. The summed E-state index contributed by atoms with van der Waals surface area (Å²) in [4.78, 5) is 0. The van der Waals surface area contributed by atoms with Gasteiger partial charge in [0.1, 0.15) is 0 Å². The maximum atomic E-state index is 5.79. The number of ether oxygens (including phenoxy) is 1. The number of nitrogens with one attached hydrogen (secondary N) is 1. The summed E-state index contributed by atoms with van der Waals surface area (Å²) < 4.78 is 5.21. The van der Waals surface area contributed by atoms with Crippen molar-refractivity contribution in [1.82, 2.24) is 5.32 Å².